The molecule has 4 atom stereocenters. The number of aromatic nitrogens is 1. The lowest BCUT2D eigenvalue weighted by molar-refractivity contribution is -0.150. The van der Waals surface area contributed by atoms with Gasteiger partial charge in [-0.15, -0.1) is 0 Å². The SMILES string of the molecule is Cc1noc(C)c1[C@H](C)C(=O)N1[C@@H]2CCCC[C@H]2C[C@H]1C(=O)O. The van der Waals surface area contributed by atoms with E-state index in [4.69, 9.17) is 4.52 Å². The smallest absolute Gasteiger partial charge is 0.326 e. The first-order chi connectivity index (χ1) is 10.9. The van der Waals surface area contributed by atoms with Crippen LogP contribution in [0.2, 0.25) is 0 Å². The number of carboxylic acids is 1. The van der Waals surface area contributed by atoms with Gasteiger partial charge in [0.15, 0.2) is 0 Å². The van der Waals surface area contributed by atoms with Gasteiger partial charge in [-0.1, -0.05) is 18.0 Å². The minimum atomic E-state index is -0.890. The number of hydrogen-bond donors (Lipinski definition) is 1. The Morgan fingerprint density at radius 2 is 2.00 bits per heavy atom. The molecular formula is C17H24N2O4. The van der Waals surface area contributed by atoms with Crippen molar-refractivity contribution in [2.24, 2.45) is 5.92 Å². The van der Waals surface area contributed by atoms with Gasteiger partial charge in [0.2, 0.25) is 5.91 Å². The molecule has 2 fully saturated rings. The molecule has 3 rings (SSSR count). The van der Waals surface area contributed by atoms with E-state index in [9.17, 15) is 14.7 Å². The standard InChI is InChI=1S/C17H24N2O4/c1-9(15-10(2)18-23-11(15)3)16(20)19-13-7-5-4-6-12(13)8-14(19)17(21)22/h9,12-14H,4-8H2,1-3H3,(H,21,22)/t9-,12-,13+,14-/m0/s1. The summed E-state index contributed by atoms with van der Waals surface area (Å²) in [5, 5.41) is 13.5. The van der Waals surface area contributed by atoms with Crippen molar-refractivity contribution in [1.82, 2.24) is 10.1 Å². The van der Waals surface area contributed by atoms with Crippen LogP contribution in [0.1, 0.15) is 62.0 Å². The van der Waals surface area contributed by atoms with Gasteiger partial charge in [-0.2, -0.15) is 0 Å². The molecule has 1 N–H and O–H groups in total. The lowest BCUT2D eigenvalue weighted by Gasteiger charge is -2.34. The molecule has 1 aliphatic carbocycles. The minimum absolute atomic E-state index is 0.0697. The number of carbonyl (C=O) groups excluding carboxylic acids is 1. The summed E-state index contributed by atoms with van der Waals surface area (Å²) in [7, 11) is 0. The summed E-state index contributed by atoms with van der Waals surface area (Å²) in [6, 6.07) is -0.626. The number of rotatable bonds is 3. The number of aliphatic carboxylic acids is 1. The quantitative estimate of drug-likeness (QED) is 0.925. The van der Waals surface area contributed by atoms with Crippen LogP contribution in [0.15, 0.2) is 4.52 Å². The van der Waals surface area contributed by atoms with Gasteiger partial charge in [0.1, 0.15) is 11.8 Å². The van der Waals surface area contributed by atoms with Gasteiger partial charge in [-0.05, 0) is 46.0 Å². The summed E-state index contributed by atoms with van der Waals surface area (Å²) in [5.74, 6) is -0.469. The lowest BCUT2D eigenvalue weighted by atomic mass is 9.84. The first kappa shape index (κ1) is 16.0. The van der Waals surface area contributed by atoms with Crippen molar-refractivity contribution >= 4 is 11.9 Å². The zero-order chi connectivity index (χ0) is 16.7. The topological polar surface area (TPSA) is 83.6 Å². The van der Waals surface area contributed by atoms with E-state index >= 15 is 0 Å². The highest BCUT2D eigenvalue weighted by molar-refractivity contribution is 5.89. The number of nitrogens with zero attached hydrogens (tertiary/aromatic N) is 2. The van der Waals surface area contributed by atoms with Crippen molar-refractivity contribution < 1.29 is 19.2 Å². The Kier molecular flexibility index (Phi) is 4.17. The Bertz CT molecular complexity index is 605. The predicted octanol–water partition coefficient (Wildman–Crippen LogP) is 2.64. The maximum absolute atomic E-state index is 13.1. The first-order valence-electron chi connectivity index (χ1n) is 8.39. The largest absolute Gasteiger partial charge is 0.480 e. The number of hydrogen-bond acceptors (Lipinski definition) is 4. The molecule has 2 heterocycles. The van der Waals surface area contributed by atoms with Gasteiger partial charge in [0.25, 0.3) is 0 Å². The molecule has 23 heavy (non-hydrogen) atoms. The molecule has 0 radical (unpaired) electrons. The second-order valence-electron chi connectivity index (χ2n) is 6.91. The van der Waals surface area contributed by atoms with E-state index in [0.717, 1.165) is 31.2 Å². The molecule has 0 aromatic carbocycles. The van der Waals surface area contributed by atoms with Crippen LogP contribution in [-0.4, -0.2) is 39.1 Å². The number of likely N-dealkylation sites (tertiary alicyclic amines) is 1. The second-order valence-corrected chi connectivity index (χ2v) is 6.91. The number of carbonyl (C=O) groups is 2. The van der Waals surface area contributed by atoms with E-state index < -0.39 is 17.9 Å². The van der Waals surface area contributed by atoms with Crippen molar-refractivity contribution in [2.75, 3.05) is 0 Å². The van der Waals surface area contributed by atoms with Crippen LogP contribution in [0.4, 0.5) is 0 Å². The summed E-state index contributed by atoms with van der Waals surface area (Å²) < 4.78 is 5.17. The third kappa shape index (κ3) is 2.64. The van der Waals surface area contributed by atoms with E-state index in [-0.39, 0.29) is 11.9 Å². The van der Waals surface area contributed by atoms with Crippen LogP contribution in [0.25, 0.3) is 0 Å². The number of aryl methyl sites for hydroxylation is 2. The fourth-order valence-corrected chi connectivity index (χ4v) is 4.45. The highest BCUT2D eigenvalue weighted by Gasteiger charge is 2.48. The van der Waals surface area contributed by atoms with Crippen LogP contribution in [-0.2, 0) is 9.59 Å². The van der Waals surface area contributed by atoms with E-state index in [1.54, 1.807) is 11.8 Å². The second kappa shape index (κ2) is 5.98. The molecule has 1 amide bonds. The highest BCUT2D eigenvalue weighted by Crippen LogP contribution is 2.41. The van der Waals surface area contributed by atoms with E-state index in [1.165, 1.54) is 0 Å². The third-order valence-electron chi connectivity index (χ3n) is 5.52. The number of carboxylic acid groups (broad SMARTS) is 1. The molecule has 6 nitrogen and oxygen atoms in total. The highest BCUT2D eigenvalue weighted by atomic mass is 16.5. The zero-order valence-electron chi connectivity index (χ0n) is 13.9. The summed E-state index contributed by atoms with van der Waals surface area (Å²) >= 11 is 0. The summed E-state index contributed by atoms with van der Waals surface area (Å²) in [5.41, 5.74) is 1.49. The Hall–Kier alpha value is -1.85. The van der Waals surface area contributed by atoms with Crippen LogP contribution in [0, 0.1) is 19.8 Å². The molecule has 1 saturated heterocycles. The van der Waals surface area contributed by atoms with Crippen molar-refractivity contribution in [3.8, 4) is 0 Å². The summed E-state index contributed by atoms with van der Waals surface area (Å²) in [4.78, 5) is 26.4. The summed E-state index contributed by atoms with van der Waals surface area (Å²) in [6.07, 6.45) is 4.72. The van der Waals surface area contributed by atoms with Gasteiger partial charge in [0.05, 0.1) is 11.6 Å². The van der Waals surface area contributed by atoms with Crippen LogP contribution >= 0.6 is 0 Å². The molecule has 1 saturated carbocycles. The monoisotopic (exact) mass is 320 g/mol. The number of fused-ring (bicyclic) bond motifs is 1. The number of amides is 1. The molecule has 1 aromatic rings. The zero-order valence-corrected chi connectivity index (χ0v) is 13.9. The molecule has 0 spiro atoms. The Labute approximate surface area is 135 Å². The van der Waals surface area contributed by atoms with Crippen LogP contribution < -0.4 is 0 Å². The average Bonchev–Trinajstić information content (AvgIpc) is 3.06. The molecule has 1 aliphatic heterocycles. The first-order valence-corrected chi connectivity index (χ1v) is 8.39. The summed E-state index contributed by atoms with van der Waals surface area (Å²) in [6.45, 7) is 5.43. The van der Waals surface area contributed by atoms with Crippen LogP contribution in [0.5, 0.6) is 0 Å². The Balaban J connectivity index is 1.90. The predicted molar refractivity (Wildman–Crippen MR) is 83.0 cm³/mol. The lowest BCUT2D eigenvalue weighted by Crippen LogP contribution is -2.47. The molecule has 6 heteroatoms. The third-order valence-corrected chi connectivity index (χ3v) is 5.52. The molecule has 2 aliphatic rings. The molecule has 1 aromatic heterocycles. The van der Waals surface area contributed by atoms with Crippen molar-refractivity contribution in [2.45, 2.75) is 70.9 Å². The maximum atomic E-state index is 13.1. The Morgan fingerprint density at radius 3 is 2.61 bits per heavy atom. The Morgan fingerprint density at radius 1 is 1.30 bits per heavy atom. The van der Waals surface area contributed by atoms with Gasteiger partial charge in [0, 0.05) is 11.6 Å². The van der Waals surface area contributed by atoms with Gasteiger partial charge < -0.3 is 14.5 Å². The molecule has 0 bridgehead atoms. The van der Waals surface area contributed by atoms with Crippen LogP contribution in [0.3, 0.4) is 0 Å². The normalized spacial score (nSPS) is 28.5. The van der Waals surface area contributed by atoms with E-state index in [1.807, 2.05) is 13.8 Å². The van der Waals surface area contributed by atoms with E-state index in [2.05, 4.69) is 5.16 Å². The van der Waals surface area contributed by atoms with Gasteiger partial charge >= 0.3 is 5.97 Å². The van der Waals surface area contributed by atoms with Crippen molar-refractivity contribution in [1.29, 1.82) is 0 Å². The molecule has 126 valence electrons. The fraction of sp³-hybridized carbons (Fsp3) is 0.706. The van der Waals surface area contributed by atoms with E-state index in [0.29, 0.717) is 23.8 Å². The molecular weight excluding hydrogens is 296 g/mol. The molecule has 0 unspecified atom stereocenters. The van der Waals surface area contributed by atoms with Gasteiger partial charge in [-0.25, -0.2) is 4.79 Å². The fourth-order valence-electron chi connectivity index (χ4n) is 4.45. The van der Waals surface area contributed by atoms with Crippen molar-refractivity contribution in [3.63, 3.8) is 0 Å². The van der Waals surface area contributed by atoms with Gasteiger partial charge in [-0.3, -0.25) is 4.79 Å². The maximum Gasteiger partial charge on any atom is 0.326 e. The minimum Gasteiger partial charge on any atom is -0.480 e. The van der Waals surface area contributed by atoms with Crippen molar-refractivity contribution in [3.05, 3.63) is 17.0 Å². The average molecular weight is 320 g/mol.